The van der Waals surface area contributed by atoms with Crippen molar-refractivity contribution in [1.29, 1.82) is 0 Å². The highest BCUT2D eigenvalue weighted by atomic mass is 35.5. The molecule has 1 aliphatic heterocycles. The lowest BCUT2D eigenvalue weighted by Crippen LogP contribution is -2.35. The third kappa shape index (κ3) is 5.07. The summed E-state index contributed by atoms with van der Waals surface area (Å²) in [7, 11) is 0. The van der Waals surface area contributed by atoms with Gasteiger partial charge in [0.1, 0.15) is 10.7 Å². The predicted molar refractivity (Wildman–Crippen MR) is 136 cm³/mol. The number of morpholine rings is 1. The Bertz CT molecular complexity index is 1310. The van der Waals surface area contributed by atoms with Crippen LogP contribution >= 0.6 is 22.9 Å². The van der Waals surface area contributed by atoms with Gasteiger partial charge in [0.15, 0.2) is 5.13 Å². The van der Waals surface area contributed by atoms with Gasteiger partial charge in [-0.3, -0.25) is 9.69 Å². The molecule has 1 fully saturated rings. The van der Waals surface area contributed by atoms with Crippen LogP contribution in [0, 0.1) is 0 Å². The van der Waals surface area contributed by atoms with Gasteiger partial charge >= 0.3 is 0 Å². The number of carbonyl (C=O) groups is 1. The number of fused-ring (bicyclic) bond motifs is 1. The quantitative estimate of drug-likeness (QED) is 0.331. The molecular formula is C24H25ClN6O2S. The summed E-state index contributed by atoms with van der Waals surface area (Å²) in [4.78, 5) is 28.1. The Labute approximate surface area is 206 Å². The van der Waals surface area contributed by atoms with Crippen LogP contribution in [0.15, 0.2) is 42.6 Å². The predicted octanol–water partition coefficient (Wildman–Crippen LogP) is 5.06. The van der Waals surface area contributed by atoms with Gasteiger partial charge in [0.05, 0.1) is 47.7 Å². The average molecular weight is 497 g/mol. The molecule has 34 heavy (non-hydrogen) atoms. The van der Waals surface area contributed by atoms with E-state index in [1.165, 1.54) is 11.3 Å². The lowest BCUT2D eigenvalue weighted by Gasteiger charge is -2.25. The van der Waals surface area contributed by atoms with E-state index in [1.54, 1.807) is 12.3 Å². The van der Waals surface area contributed by atoms with Crippen molar-refractivity contribution < 1.29 is 9.53 Å². The minimum atomic E-state index is -0.231. The molecule has 0 radical (unpaired) electrons. The highest BCUT2D eigenvalue weighted by Crippen LogP contribution is 2.29. The summed E-state index contributed by atoms with van der Waals surface area (Å²) in [5, 5.41) is 7.37. The number of amides is 1. The molecule has 0 saturated carbocycles. The molecule has 3 heterocycles. The number of para-hydroxylation sites is 1. The zero-order valence-electron chi connectivity index (χ0n) is 18.7. The van der Waals surface area contributed by atoms with Crippen LogP contribution in [-0.2, 0) is 17.7 Å². The molecule has 0 unspecified atom stereocenters. The number of thiazole rings is 1. The number of aromatic nitrogens is 3. The van der Waals surface area contributed by atoms with E-state index in [9.17, 15) is 4.79 Å². The standard InChI is InChI=1S/C24H25ClN6O2S/c1-2-15-4-3-5-17(25)22(15)30-23(32)20-13-26-24(34-20)27-16-6-7-18-19(12-16)29-21(28-18)14-31-8-10-33-11-9-31/h3-7,12-13H,2,8-11,14H2,1H3,(H,26,27)(H,28,29)(H,30,32). The van der Waals surface area contributed by atoms with Crippen LogP contribution in [0.3, 0.4) is 0 Å². The third-order valence-corrected chi connectivity index (χ3v) is 6.93. The van der Waals surface area contributed by atoms with Crippen molar-refractivity contribution in [3.05, 3.63) is 63.9 Å². The lowest BCUT2D eigenvalue weighted by atomic mass is 10.1. The van der Waals surface area contributed by atoms with Gasteiger partial charge in [-0.2, -0.15) is 0 Å². The largest absolute Gasteiger partial charge is 0.379 e. The summed E-state index contributed by atoms with van der Waals surface area (Å²) < 4.78 is 5.41. The first-order chi connectivity index (χ1) is 16.6. The molecule has 2 aromatic heterocycles. The van der Waals surface area contributed by atoms with E-state index in [2.05, 4.69) is 25.5 Å². The van der Waals surface area contributed by atoms with Crippen LogP contribution in [0.25, 0.3) is 11.0 Å². The summed E-state index contributed by atoms with van der Waals surface area (Å²) in [6.07, 6.45) is 2.34. The minimum Gasteiger partial charge on any atom is -0.379 e. The van der Waals surface area contributed by atoms with Crippen LogP contribution in [0.5, 0.6) is 0 Å². The zero-order chi connectivity index (χ0) is 23.5. The van der Waals surface area contributed by atoms with Gasteiger partial charge in [-0.15, -0.1) is 0 Å². The molecule has 176 valence electrons. The number of hydrogen-bond acceptors (Lipinski definition) is 7. The average Bonchev–Trinajstić information content (AvgIpc) is 3.47. The van der Waals surface area contributed by atoms with Crippen LogP contribution in [-0.4, -0.2) is 52.1 Å². The molecule has 0 aliphatic carbocycles. The van der Waals surface area contributed by atoms with Crippen molar-refractivity contribution in [3.8, 4) is 0 Å². The summed E-state index contributed by atoms with van der Waals surface area (Å²) >= 11 is 7.59. The molecule has 4 aromatic rings. The van der Waals surface area contributed by atoms with Crippen molar-refractivity contribution >= 4 is 56.4 Å². The van der Waals surface area contributed by atoms with E-state index in [0.29, 0.717) is 20.7 Å². The van der Waals surface area contributed by atoms with Gasteiger partial charge in [-0.1, -0.05) is 42.0 Å². The zero-order valence-corrected chi connectivity index (χ0v) is 20.3. The second kappa shape index (κ2) is 10.1. The van der Waals surface area contributed by atoms with Gasteiger partial charge in [0.2, 0.25) is 0 Å². The van der Waals surface area contributed by atoms with Crippen molar-refractivity contribution in [2.75, 3.05) is 36.9 Å². The van der Waals surface area contributed by atoms with Gasteiger partial charge in [-0.25, -0.2) is 9.97 Å². The molecule has 1 saturated heterocycles. The number of nitrogens with zero attached hydrogens (tertiary/aromatic N) is 3. The Balaban J connectivity index is 1.26. The first kappa shape index (κ1) is 22.8. The molecule has 8 nitrogen and oxygen atoms in total. The van der Waals surface area contributed by atoms with Crippen LogP contribution in [0.4, 0.5) is 16.5 Å². The topological polar surface area (TPSA) is 95.2 Å². The fourth-order valence-corrected chi connectivity index (χ4v) is 4.90. The number of benzene rings is 2. The summed E-state index contributed by atoms with van der Waals surface area (Å²) in [5.41, 5.74) is 4.38. The molecule has 2 aromatic carbocycles. The third-order valence-electron chi connectivity index (χ3n) is 5.71. The van der Waals surface area contributed by atoms with Gasteiger partial charge in [0, 0.05) is 18.8 Å². The summed E-state index contributed by atoms with van der Waals surface area (Å²) in [6, 6.07) is 11.5. The van der Waals surface area contributed by atoms with E-state index in [4.69, 9.17) is 21.3 Å². The monoisotopic (exact) mass is 496 g/mol. The number of ether oxygens (including phenoxy) is 1. The molecule has 0 atom stereocenters. The second-order valence-electron chi connectivity index (χ2n) is 8.04. The maximum Gasteiger partial charge on any atom is 0.267 e. The number of hydrogen-bond donors (Lipinski definition) is 3. The van der Waals surface area contributed by atoms with Crippen LogP contribution in [0.1, 0.15) is 28.0 Å². The molecule has 1 aliphatic rings. The highest BCUT2D eigenvalue weighted by molar-refractivity contribution is 7.17. The van der Waals surface area contributed by atoms with Crippen LogP contribution in [0.2, 0.25) is 5.02 Å². The number of nitrogens with one attached hydrogen (secondary N) is 3. The fraction of sp³-hybridized carbons (Fsp3) is 0.292. The SMILES string of the molecule is CCc1cccc(Cl)c1NC(=O)c1cnc(Nc2ccc3nc(CN4CCOCC4)[nH]c3c2)s1. The van der Waals surface area contributed by atoms with Crippen molar-refractivity contribution in [1.82, 2.24) is 19.9 Å². The van der Waals surface area contributed by atoms with E-state index in [1.807, 2.05) is 37.3 Å². The van der Waals surface area contributed by atoms with Crippen molar-refractivity contribution in [3.63, 3.8) is 0 Å². The van der Waals surface area contributed by atoms with E-state index in [-0.39, 0.29) is 5.91 Å². The second-order valence-corrected chi connectivity index (χ2v) is 9.48. The number of H-pyrrole nitrogens is 1. The fourth-order valence-electron chi connectivity index (χ4n) is 3.93. The number of aryl methyl sites for hydroxylation is 1. The highest BCUT2D eigenvalue weighted by Gasteiger charge is 2.16. The lowest BCUT2D eigenvalue weighted by molar-refractivity contribution is 0.0332. The molecule has 0 spiro atoms. The molecule has 0 bridgehead atoms. The molecule has 3 N–H and O–H groups in total. The van der Waals surface area contributed by atoms with Gasteiger partial charge in [-0.05, 0) is 36.2 Å². The number of carbonyl (C=O) groups excluding carboxylic acids is 1. The first-order valence-electron chi connectivity index (χ1n) is 11.2. The Kier molecular flexibility index (Phi) is 6.77. The van der Waals surface area contributed by atoms with E-state index in [0.717, 1.165) is 67.4 Å². The van der Waals surface area contributed by atoms with Gasteiger partial charge < -0.3 is 20.4 Å². The molecule has 10 heteroatoms. The van der Waals surface area contributed by atoms with Crippen molar-refractivity contribution in [2.45, 2.75) is 19.9 Å². The molecular weight excluding hydrogens is 472 g/mol. The van der Waals surface area contributed by atoms with Gasteiger partial charge in [0.25, 0.3) is 5.91 Å². The Morgan fingerprint density at radius 1 is 1.26 bits per heavy atom. The minimum absolute atomic E-state index is 0.231. The summed E-state index contributed by atoms with van der Waals surface area (Å²) in [6.45, 7) is 6.16. The number of anilines is 3. The van der Waals surface area contributed by atoms with E-state index >= 15 is 0 Å². The summed E-state index contributed by atoms with van der Waals surface area (Å²) in [5.74, 6) is 0.707. The number of aromatic amines is 1. The Morgan fingerprint density at radius 3 is 2.94 bits per heavy atom. The Hall–Kier alpha value is -2.98. The molecule has 5 rings (SSSR count). The normalized spacial score (nSPS) is 14.4. The number of halogens is 1. The van der Waals surface area contributed by atoms with Crippen LogP contribution < -0.4 is 10.6 Å². The smallest absolute Gasteiger partial charge is 0.267 e. The number of imidazole rings is 1. The van der Waals surface area contributed by atoms with Crippen molar-refractivity contribution in [2.24, 2.45) is 0 Å². The maximum absolute atomic E-state index is 12.8. The Morgan fingerprint density at radius 2 is 2.12 bits per heavy atom. The maximum atomic E-state index is 12.8. The first-order valence-corrected chi connectivity index (χ1v) is 12.4. The molecule has 1 amide bonds. The van der Waals surface area contributed by atoms with E-state index < -0.39 is 0 Å². The number of rotatable bonds is 7.